The van der Waals surface area contributed by atoms with Crippen molar-refractivity contribution in [2.24, 2.45) is 0 Å². The Balaban J connectivity index is 0.974. The Kier molecular flexibility index (Phi) is 8.42. The van der Waals surface area contributed by atoms with Crippen molar-refractivity contribution < 1.29 is 0 Å². The molecule has 0 unspecified atom stereocenters. The van der Waals surface area contributed by atoms with Gasteiger partial charge in [0, 0.05) is 55.2 Å². The SMILES string of the molecule is c1ccc(-c2nc(-c3ccccc3)nc(-c3cccc(-c4ccc(-n5c6ccccc6c6c(-c7cccc8c9ccccc9n(-c9ccccc9)c78)cccc65)cc4)c3)n2)cc1. The lowest BCUT2D eigenvalue weighted by Gasteiger charge is -2.13. The quantitative estimate of drug-likeness (QED) is 0.162. The second-order valence-corrected chi connectivity index (χ2v) is 15.6. The molecule has 0 aliphatic rings. The van der Waals surface area contributed by atoms with Crippen LogP contribution in [-0.2, 0) is 0 Å². The third-order valence-corrected chi connectivity index (χ3v) is 12.0. The number of benzene rings is 9. The van der Waals surface area contributed by atoms with Crippen LogP contribution in [0.25, 0.3) is 111 Å². The molecule has 5 heteroatoms. The molecule has 0 saturated heterocycles. The Hall–Kier alpha value is -8.41. The zero-order valence-corrected chi connectivity index (χ0v) is 33.6. The molecular formula is C57H37N5. The van der Waals surface area contributed by atoms with E-state index in [0.29, 0.717) is 17.5 Å². The first-order valence-corrected chi connectivity index (χ1v) is 21.0. The summed E-state index contributed by atoms with van der Waals surface area (Å²) < 4.78 is 4.83. The number of hydrogen-bond donors (Lipinski definition) is 0. The molecule has 0 atom stereocenters. The molecule has 9 aromatic carbocycles. The molecule has 0 aliphatic carbocycles. The van der Waals surface area contributed by atoms with Gasteiger partial charge in [-0.15, -0.1) is 0 Å². The molecule has 0 amide bonds. The minimum absolute atomic E-state index is 0.636. The number of hydrogen-bond acceptors (Lipinski definition) is 3. The van der Waals surface area contributed by atoms with Crippen molar-refractivity contribution >= 4 is 43.6 Å². The maximum atomic E-state index is 4.99. The monoisotopic (exact) mass is 791 g/mol. The third-order valence-electron chi connectivity index (χ3n) is 12.0. The molecule has 12 aromatic rings. The van der Waals surface area contributed by atoms with Crippen molar-refractivity contribution in [3.05, 3.63) is 224 Å². The molecule has 0 saturated carbocycles. The summed E-state index contributed by atoms with van der Waals surface area (Å²) in [6.07, 6.45) is 0. The number of rotatable bonds is 7. The van der Waals surface area contributed by atoms with Gasteiger partial charge in [0.2, 0.25) is 0 Å². The summed E-state index contributed by atoms with van der Waals surface area (Å²) in [5.41, 5.74) is 14.4. The minimum Gasteiger partial charge on any atom is -0.309 e. The molecule has 290 valence electrons. The van der Waals surface area contributed by atoms with Crippen LogP contribution in [0.2, 0.25) is 0 Å². The topological polar surface area (TPSA) is 48.5 Å². The second-order valence-electron chi connectivity index (χ2n) is 15.6. The molecule has 0 fully saturated rings. The Labute approximate surface area is 358 Å². The molecule has 0 bridgehead atoms. The second kappa shape index (κ2) is 14.7. The number of nitrogens with zero attached hydrogens (tertiary/aromatic N) is 5. The molecule has 0 aliphatic heterocycles. The highest BCUT2D eigenvalue weighted by Crippen LogP contribution is 2.43. The van der Waals surface area contributed by atoms with Crippen molar-refractivity contribution in [3.63, 3.8) is 0 Å². The first-order valence-electron chi connectivity index (χ1n) is 21.0. The van der Waals surface area contributed by atoms with Gasteiger partial charge in [-0.3, -0.25) is 0 Å². The van der Waals surface area contributed by atoms with Crippen molar-refractivity contribution in [1.82, 2.24) is 24.1 Å². The standard InChI is InChI=1S/C57H37N5/c1-4-17-39(18-5-1)55-58-56(40-19-6-2-7-20-40)60-57(59-55)42-22-14-21-41(37-42)38-33-35-44(36-34-38)61-51-31-13-11-26-49(51)53-46(27-16-32-52(53)61)48-29-15-28-47-45-25-10-12-30-50(45)62(54(47)48)43-23-8-3-9-24-43/h1-37H. The smallest absolute Gasteiger partial charge is 0.164 e. The first kappa shape index (κ1) is 35.5. The van der Waals surface area contributed by atoms with Crippen LogP contribution in [0.3, 0.4) is 0 Å². The molecule has 3 aromatic heterocycles. The average molecular weight is 792 g/mol. The number of para-hydroxylation sites is 4. The van der Waals surface area contributed by atoms with Crippen molar-refractivity contribution in [2.45, 2.75) is 0 Å². The molecule has 5 nitrogen and oxygen atoms in total. The predicted octanol–water partition coefficient (Wildman–Crippen LogP) is 14.4. The van der Waals surface area contributed by atoms with Crippen LogP contribution in [0.15, 0.2) is 224 Å². The van der Waals surface area contributed by atoms with Gasteiger partial charge in [0.1, 0.15) is 0 Å². The fraction of sp³-hybridized carbons (Fsp3) is 0. The Morgan fingerprint density at radius 3 is 1.44 bits per heavy atom. The molecular weight excluding hydrogens is 755 g/mol. The Bertz CT molecular complexity index is 3550. The van der Waals surface area contributed by atoms with Crippen molar-refractivity contribution in [3.8, 4) is 67.8 Å². The maximum absolute atomic E-state index is 4.99. The third kappa shape index (κ3) is 5.90. The Morgan fingerprint density at radius 1 is 0.274 bits per heavy atom. The summed E-state index contributed by atoms with van der Waals surface area (Å²) >= 11 is 0. The number of aromatic nitrogens is 5. The summed E-state index contributed by atoms with van der Waals surface area (Å²) in [5.74, 6) is 1.93. The van der Waals surface area contributed by atoms with Gasteiger partial charge < -0.3 is 9.13 Å². The maximum Gasteiger partial charge on any atom is 0.164 e. The number of fused-ring (bicyclic) bond motifs is 6. The van der Waals surface area contributed by atoms with Gasteiger partial charge in [0.25, 0.3) is 0 Å². The highest BCUT2D eigenvalue weighted by Gasteiger charge is 2.21. The van der Waals surface area contributed by atoms with Gasteiger partial charge in [-0.05, 0) is 65.2 Å². The largest absolute Gasteiger partial charge is 0.309 e. The lowest BCUT2D eigenvalue weighted by Crippen LogP contribution is -2.00. The van der Waals surface area contributed by atoms with E-state index in [2.05, 4.69) is 173 Å². The van der Waals surface area contributed by atoms with Crippen LogP contribution in [-0.4, -0.2) is 24.1 Å². The van der Waals surface area contributed by atoms with E-state index < -0.39 is 0 Å². The highest BCUT2D eigenvalue weighted by atomic mass is 15.0. The van der Waals surface area contributed by atoms with E-state index in [4.69, 9.17) is 15.0 Å². The van der Waals surface area contributed by atoms with Crippen LogP contribution in [0.4, 0.5) is 0 Å². The highest BCUT2D eigenvalue weighted by molar-refractivity contribution is 6.20. The summed E-state index contributed by atoms with van der Waals surface area (Å²) in [6.45, 7) is 0. The van der Waals surface area contributed by atoms with Crippen molar-refractivity contribution in [2.75, 3.05) is 0 Å². The van der Waals surface area contributed by atoms with Crippen LogP contribution in [0.5, 0.6) is 0 Å². The molecule has 3 heterocycles. The zero-order chi connectivity index (χ0) is 41.0. The summed E-state index contributed by atoms with van der Waals surface area (Å²) in [6, 6.07) is 79.3. The Morgan fingerprint density at radius 2 is 0.742 bits per heavy atom. The van der Waals surface area contributed by atoms with Gasteiger partial charge in [0.15, 0.2) is 17.5 Å². The fourth-order valence-corrected chi connectivity index (χ4v) is 9.18. The van der Waals surface area contributed by atoms with E-state index in [9.17, 15) is 0 Å². The average Bonchev–Trinajstić information content (AvgIpc) is 3.88. The van der Waals surface area contributed by atoms with E-state index in [-0.39, 0.29) is 0 Å². The van der Waals surface area contributed by atoms with Crippen LogP contribution in [0.1, 0.15) is 0 Å². The predicted molar refractivity (Wildman–Crippen MR) is 256 cm³/mol. The summed E-state index contributed by atoms with van der Waals surface area (Å²) in [4.78, 5) is 14.9. The molecule has 0 spiro atoms. The lowest BCUT2D eigenvalue weighted by atomic mass is 9.97. The van der Waals surface area contributed by atoms with Gasteiger partial charge >= 0.3 is 0 Å². The minimum atomic E-state index is 0.636. The van der Waals surface area contributed by atoms with E-state index in [1.807, 2.05) is 60.7 Å². The molecule has 0 radical (unpaired) electrons. The van der Waals surface area contributed by atoms with E-state index >= 15 is 0 Å². The lowest BCUT2D eigenvalue weighted by molar-refractivity contribution is 1.07. The van der Waals surface area contributed by atoms with E-state index in [1.54, 1.807) is 0 Å². The van der Waals surface area contributed by atoms with Gasteiger partial charge in [-0.25, -0.2) is 15.0 Å². The van der Waals surface area contributed by atoms with Gasteiger partial charge in [-0.1, -0.05) is 176 Å². The van der Waals surface area contributed by atoms with Gasteiger partial charge in [0.05, 0.1) is 22.1 Å². The molecule has 62 heavy (non-hydrogen) atoms. The zero-order valence-electron chi connectivity index (χ0n) is 33.6. The molecule has 12 rings (SSSR count). The van der Waals surface area contributed by atoms with Crippen LogP contribution in [0, 0.1) is 0 Å². The summed E-state index contributed by atoms with van der Waals surface area (Å²) in [7, 11) is 0. The van der Waals surface area contributed by atoms with Crippen LogP contribution < -0.4 is 0 Å². The fourth-order valence-electron chi connectivity index (χ4n) is 9.18. The van der Waals surface area contributed by atoms with E-state index in [1.165, 1.54) is 49.2 Å². The normalized spacial score (nSPS) is 11.5. The van der Waals surface area contributed by atoms with Gasteiger partial charge in [-0.2, -0.15) is 0 Å². The van der Waals surface area contributed by atoms with Crippen LogP contribution >= 0.6 is 0 Å². The van der Waals surface area contributed by atoms with E-state index in [0.717, 1.165) is 44.7 Å². The summed E-state index contributed by atoms with van der Waals surface area (Å²) in [5, 5.41) is 4.94. The van der Waals surface area contributed by atoms with Crippen molar-refractivity contribution in [1.29, 1.82) is 0 Å². The molecule has 0 N–H and O–H groups in total. The first-order chi connectivity index (χ1) is 30.8.